The second kappa shape index (κ2) is 10.3. The van der Waals surface area contributed by atoms with Gasteiger partial charge in [0.2, 0.25) is 10.0 Å². The number of amides is 1. The van der Waals surface area contributed by atoms with Crippen LogP contribution in [0.4, 0.5) is 0 Å². The lowest BCUT2D eigenvalue weighted by Crippen LogP contribution is -2.49. The van der Waals surface area contributed by atoms with Gasteiger partial charge in [-0.2, -0.15) is 16.1 Å². The fourth-order valence-corrected chi connectivity index (χ4v) is 6.31. The Morgan fingerprint density at radius 3 is 2.59 bits per heavy atom. The highest BCUT2D eigenvalue weighted by atomic mass is 32.2. The Bertz CT molecular complexity index is 769. The van der Waals surface area contributed by atoms with Gasteiger partial charge in [0.1, 0.15) is 10.6 Å². The monoisotopic (exact) mass is 444 g/mol. The van der Waals surface area contributed by atoms with E-state index in [0.29, 0.717) is 25.6 Å². The molecule has 2 aliphatic rings. The highest BCUT2D eigenvalue weighted by Gasteiger charge is 2.28. The van der Waals surface area contributed by atoms with Crippen molar-refractivity contribution in [2.24, 2.45) is 5.92 Å². The topological polar surface area (TPSA) is 94.7 Å². The number of sulfonamides is 1. The SMILES string of the molecule is CC(C)CC(CNC(=O)c1cc(S(=O)(=O)N2CCSCC2)c[nH]1)N1CCOCC1. The lowest BCUT2D eigenvalue weighted by molar-refractivity contribution is 0.0124. The van der Waals surface area contributed by atoms with Crippen LogP contribution in [0.3, 0.4) is 0 Å². The van der Waals surface area contributed by atoms with Gasteiger partial charge in [-0.05, 0) is 18.4 Å². The van der Waals surface area contributed by atoms with Crippen molar-refractivity contribution in [3.05, 3.63) is 18.0 Å². The summed E-state index contributed by atoms with van der Waals surface area (Å²) >= 11 is 1.76. The predicted molar refractivity (Wildman–Crippen MR) is 115 cm³/mol. The minimum Gasteiger partial charge on any atom is -0.379 e. The molecule has 0 spiro atoms. The standard InChI is InChI=1S/C19H32N4O4S2/c1-15(2)11-16(22-3-7-27-8-4-22)13-21-19(24)18-12-17(14-20-18)29(25,26)23-5-9-28-10-6-23/h12,14-16,20H,3-11,13H2,1-2H3,(H,21,24). The molecule has 2 fully saturated rings. The molecule has 2 N–H and O–H groups in total. The van der Waals surface area contributed by atoms with Crippen LogP contribution in [0.2, 0.25) is 0 Å². The molecular weight excluding hydrogens is 412 g/mol. The normalized spacial score (nSPS) is 20.7. The van der Waals surface area contributed by atoms with Crippen molar-refractivity contribution >= 4 is 27.7 Å². The van der Waals surface area contributed by atoms with Crippen LogP contribution in [0.15, 0.2) is 17.2 Å². The summed E-state index contributed by atoms with van der Waals surface area (Å²) in [6, 6.07) is 1.69. The summed E-state index contributed by atoms with van der Waals surface area (Å²) in [5.41, 5.74) is 0.278. The van der Waals surface area contributed by atoms with Gasteiger partial charge in [-0.1, -0.05) is 13.8 Å². The molecule has 1 aromatic rings. The van der Waals surface area contributed by atoms with Crippen molar-refractivity contribution in [2.45, 2.75) is 31.2 Å². The predicted octanol–water partition coefficient (Wildman–Crippen LogP) is 1.23. The molecular formula is C19H32N4O4S2. The molecule has 164 valence electrons. The minimum absolute atomic E-state index is 0.154. The van der Waals surface area contributed by atoms with Gasteiger partial charge in [-0.15, -0.1) is 0 Å². The summed E-state index contributed by atoms with van der Waals surface area (Å²) in [5, 5.41) is 2.98. The van der Waals surface area contributed by atoms with E-state index in [1.165, 1.54) is 16.6 Å². The third-order valence-electron chi connectivity index (χ3n) is 5.31. The number of aromatic amines is 1. The van der Waals surface area contributed by atoms with Crippen molar-refractivity contribution in [1.82, 2.24) is 19.5 Å². The van der Waals surface area contributed by atoms with Crippen molar-refractivity contribution in [1.29, 1.82) is 0 Å². The zero-order valence-electron chi connectivity index (χ0n) is 17.2. The summed E-state index contributed by atoms with van der Waals surface area (Å²) < 4.78 is 32.5. The zero-order valence-corrected chi connectivity index (χ0v) is 18.9. The Kier molecular flexibility index (Phi) is 8.03. The van der Waals surface area contributed by atoms with Gasteiger partial charge in [-0.25, -0.2) is 8.42 Å². The van der Waals surface area contributed by atoms with Crippen molar-refractivity contribution in [3.8, 4) is 0 Å². The van der Waals surface area contributed by atoms with Gasteiger partial charge in [0.05, 0.1) is 13.2 Å². The molecule has 0 radical (unpaired) electrons. The fourth-order valence-electron chi connectivity index (χ4n) is 3.74. The second-order valence-corrected chi connectivity index (χ2v) is 11.1. The second-order valence-electron chi connectivity index (χ2n) is 7.91. The van der Waals surface area contributed by atoms with Crippen LogP contribution in [0.1, 0.15) is 30.8 Å². The van der Waals surface area contributed by atoms with Crippen LogP contribution >= 0.6 is 11.8 Å². The lowest BCUT2D eigenvalue weighted by atomic mass is 10.0. The summed E-state index contributed by atoms with van der Waals surface area (Å²) in [5.74, 6) is 1.85. The first-order valence-corrected chi connectivity index (χ1v) is 12.8. The number of rotatable bonds is 8. The van der Waals surface area contributed by atoms with Crippen LogP contribution < -0.4 is 5.32 Å². The maximum Gasteiger partial charge on any atom is 0.267 e. The highest BCUT2D eigenvalue weighted by molar-refractivity contribution is 7.99. The number of carbonyl (C=O) groups excluding carboxylic acids is 1. The number of ether oxygens (including phenoxy) is 1. The van der Waals surface area contributed by atoms with E-state index < -0.39 is 10.0 Å². The minimum atomic E-state index is -3.55. The van der Waals surface area contributed by atoms with Gasteiger partial charge in [0, 0.05) is 56.5 Å². The lowest BCUT2D eigenvalue weighted by Gasteiger charge is -2.35. The van der Waals surface area contributed by atoms with Gasteiger partial charge in [-0.3, -0.25) is 9.69 Å². The number of hydrogen-bond donors (Lipinski definition) is 2. The zero-order chi connectivity index (χ0) is 20.9. The van der Waals surface area contributed by atoms with Crippen LogP contribution in [0, 0.1) is 5.92 Å². The Morgan fingerprint density at radius 1 is 1.24 bits per heavy atom. The van der Waals surface area contributed by atoms with Crippen LogP contribution in [-0.4, -0.2) is 92.0 Å². The number of morpholine rings is 1. The van der Waals surface area contributed by atoms with E-state index in [4.69, 9.17) is 4.74 Å². The van der Waals surface area contributed by atoms with Gasteiger partial charge in [0.25, 0.3) is 5.91 Å². The average Bonchev–Trinajstić information content (AvgIpc) is 3.23. The quantitative estimate of drug-likeness (QED) is 0.626. The molecule has 1 unspecified atom stereocenters. The van der Waals surface area contributed by atoms with Crippen molar-refractivity contribution in [3.63, 3.8) is 0 Å². The Hall–Kier alpha value is -1.07. The smallest absolute Gasteiger partial charge is 0.267 e. The Morgan fingerprint density at radius 2 is 1.93 bits per heavy atom. The molecule has 2 saturated heterocycles. The number of aromatic nitrogens is 1. The van der Waals surface area contributed by atoms with Crippen LogP contribution in [0.5, 0.6) is 0 Å². The number of carbonyl (C=O) groups is 1. The molecule has 3 rings (SSSR count). The number of thioether (sulfide) groups is 1. The van der Waals surface area contributed by atoms with Crippen molar-refractivity contribution in [2.75, 3.05) is 57.4 Å². The fraction of sp³-hybridized carbons (Fsp3) is 0.737. The van der Waals surface area contributed by atoms with E-state index >= 15 is 0 Å². The number of H-pyrrole nitrogens is 1. The molecule has 0 saturated carbocycles. The Labute approximate surface area is 177 Å². The largest absolute Gasteiger partial charge is 0.379 e. The number of hydrogen-bond acceptors (Lipinski definition) is 6. The summed E-state index contributed by atoms with van der Waals surface area (Å²) in [7, 11) is -3.55. The number of nitrogens with one attached hydrogen (secondary N) is 2. The third kappa shape index (κ3) is 5.97. The summed E-state index contributed by atoms with van der Waals surface area (Å²) in [6.07, 6.45) is 2.40. The van der Waals surface area contributed by atoms with Crippen LogP contribution in [0.25, 0.3) is 0 Å². The van der Waals surface area contributed by atoms with Gasteiger partial charge in [0.15, 0.2) is 0 Å². The van der Waals surface area contributed by atoms with E-state index in [2.05, 4.69) is 29.0 Å². The first-order valence-electron chi connectivity index (χ1n) is 10.2. The molecule has 3 heterocycles. The van der Waals surface area contributed by atoms with E-state index in [-0.39, 0.29) is 22.5 Å². The molecule has 29 heavy (non-hydrogen) atoms. The Balaban J connectivity index is 1.61. The third-order valence-corrected chi connectivity index (χ3v) is 8.13. The number of nitrogens with zero attached hydrogens (tertiary/aromatic N) is 2. The van der Waals surface area contributed by atoms with Gasteiger partial charge >= 0.3 is 0 Å². The van der Waals surface area contributed by atoms with E-state index in [0.717, 1.165) is 44.2 Å². The molecule has 1 aromatic heterocycles. The molecule has 0 aromatic carbocycles. The molecule has 2 aliphatic heterocycles. The molecule has 0 aliphatic carbocycles. The first kappa shape index (κ1) is 22.6. The maximum atomic E-state index is 12.8. The van der Waals surface area contributed by atoms with E-state index in [1.54, 1.807) is 11.8 Å². The highest BCUT2D eigenvalue weighted by Crippen LogP contribution is 2.21. The first-order chi connectivity index (χ1) is 13.9. The van der Waals surface area contributed by atoms with E-state index in [9.17, 15) is 13.2 Å². The van der Waals surface area contributed by atoms with Crippen LogP contribution in [-0.2, 0) is 14.8 Å². The summed E-state index contributed by atoms with van der Waals surface area (Å²) in [6.45, 7) is 9.07. The molecule has 1 amide bonds. The molecule has 8 nitrogen and oxygen atoms in total. The molecule has 10 heteroatoms. The van der Waals surface area contributed by atoms with Gasteiger partial charge < -0.3 is 15.0 Å². The van der Waals surface area contributed by atoms with E-state index in [1.807, 2.05) is 0 Å². The molecule has 1 atom stereocenters. The average molecular weight is 445 g/mol. The van der Waals surface area contributed by atoms with Crippen molar-refractivity contribution < 1.29 is 17.9 Å². The summed E-state index contributed by atoms with van der Waals surface area (Å²) in [4.78, 5) is 18.0. The molecule has 0 bridgehead atoms. The maximum absolute atomic E-state index is 12.8.